The van der Waals surface area contributed by atoms with Crippen molar-refractivity contribution in [3.63, 3.8) is 0 Å². The Morgan fingerprint density at radius 2 is 2.31 bits per heavy atom. The SMILES string of the molecule is NC(=O)[C@H]1CCCN1c1cc(Cl)nc(N)n1. The second kappa shape index (κ2) is 4.13. The molecule has 2 rings (SSSR count). The number of primary amides is 1. The second-order valence-corrected chi connectivity index (χ2v) is 4.05. The first-order chi connectivity index (χ1) is 7.58. The van der Waals surface area contributed by atoms with Gasteiger partial charge in [-0.3, -0.25) is 4.79 Å². The smallest absolute Gasteiger partial charge is 0.240 e. The molecule has 1 atom stereocenters. The molecule has 1 amide bonds. The van der Waals surface area contributed by atoms with E-state index in [2.05, 4.69) is 9.97 Å². The molecule has 7 heteroatoms. The Labute approximate surface area is 97.6 Å². The van der Waals surface area contributed by atoms with E-state index >= 15 is 0 Å². The minimum atomic E-state index is -0.356. The highest BCUT2D eigenvalue weighted by Crippen LogP contribution is 2.25. The molecule has 4 N–H and O–H groups in total. The van der Waals surface area contributed by atoms with Gasteiger partial charge in [0.05, 0.1) is 0 Å². The second-order valence-electron chi connectivity index (χ2n) is 3.66. The summed E-state index contributed by atoms with van der Waals surface area (Å²) in [7, 11) is 0. The zero-order valence-electron chi connectivity index (χ0n) is 8.56. The summed E-state index contributed by atoms with van der Waals surface area (Å²) in [5.74, 6) is 0.294. The predicted molar refractivity (Wildman–Crippen MR) is 61.0 cm³/mol. The summed E-state index contributed by atoms with van der Waals surface area (Å²) in [5, 5.41) is 0.262. The Kier molecular flexibility index (Phi) is 2.82. The lowest BCUT2D eigenvalue weighted by atomic mass is 10.2. The van der Waals surface area contributed by atoms with E-state index in [-0.39, 0.29) is 23.1 Å². The first kappa shape index (κ1) is 10.9. The highest BCUT2D eigenvalue weighted by Gasteiger charge is 2.30. The molecular weight excluding hydrogens is 230 g/mol. The van der Waals surface area contributed by atoms with Crippen LogP contribution in [0.5, 0.6) is 0 Å². The highest BCUT2D eigenvalue weighted by atomic mass is 35.5. The molecule has 0 unspecified atom stereocenters. The zero-order valence-corrected chi connectivity index (χ0v) is 9.31. The number of rotatable bonds is 2. The summed E-state index contributed by atoms with van der Waals surface area (Å²) in [6, 6.07) is 1.25. The van der Waals surface area contributed by atoms with Crippen LogP contribution in [0.4, 0.5) is 11.8 Å². The number of nitrogens with two attached hydrogens (primary N) is 2. The summed E-state index contributed by atoms with van der Waals surface area (Å²) >= 11 is 5.78. The molecule has 1 fully saturated rings. The van der Waals surface area contributed by atoms with Crippen LogP contribution in [0.25, 0.3) is 0 Å². The Bertz CT molecular complexity index is 404. The quantitative estimate of drug-likeness (QED) is 0.719. The van der Waals surface area contributed by atoms with Gasteiger partial charge in [0.25, 0.3) is 0 Å². The van der Waals surface area contributed by atoms with Crippen LogP contribution in [-0.4, -0.2) is 28.5 Å². The number of nitrogen functional groups attached to an aromatic ring is 1. The van der Waals surface area contributed by atoms with Gasteiger partial charge in [-0.25, -0.2) is 4.98 Å². The van der Waals surface area contributed by atoms with Crippen LogP contribution < -0.4 is 16.4 Å². The molecule has 16 heavy (non-hydrogen) atoms. The van der Waals surface area contributed by atoms with E-state index in [4.69, 9.17) is 23.1 Å². The molecule has 1 aromatic rings. The number of nitrogens with zero attached hydrogens (tertiary/aromatic N) is 3. The van der Waals surface area contributed by atoms with Gasteiger partial charge in [-0.2, -0.15) is 4.98 Å². The largest absolute Gasteiger partial charge is 0.368 e. The average Bonchev–Trinajstić information content (AvgIpc) is 2.63. The van der Waals surface area contributed by atoms with Crippen molar-refractivity contribution in [3.05, 3.63) is 11.2 Å². The zero-order chi connectivity index (χ0) is 11.7. The van der Waals surface area contributed by atoms with Gasteiger partial charge in [0.2, 0.25) is 11.9 Å². The molecule has 0 aliphatic carbocycles. The Morgan fingerprint density at radius 3 is 2.94 bits per heavy atom. The van der Waals surface area contributed by atoms with Crippen LogP contribution in [0, 0.1) is 0 Å². The molecule has 0 radical (unpaired) electrons. The van der Waals surface area contributed by atoms with Gasteiger partial charge in [-0.1, -0.05) is 11.6 Å². The number of halogens is 1. The summed E-state index contributed by atoms with van der Waals surface area (Å²) in [6.45, 7) is 0.723. The molecular formula is C9H12ClN5O. The first-order valence-electron chi connectivity index (χ1n) is 4.94. The van der Waals surface area contributed by atoms with Gasteiger partial charge in [-0.15, -0.1) is 0 Å². The third-order valence-electron chi connectivity index (χ3n) is 2.57. The van der Waals surface area contributed by atoms with E-state index in [0.717, 1.165) is 19.4 Å². The van der Waals surface area contributed by atoms with Crippen LogP contribution in [0.15, 0.2) is 6.07 Å². The van der Waals surface area contributed by atoms with Gasteiger partial charge in [0.1, 0.15) is 17.0 Å². The summed E-state index contributed by atoms with van der Waals surface area (Å²) < 4.78 is 0. The number of anilines is 2. The standard InChI is InChI=1S/C9H12ClN5O/c10-6-4-7(14-9(12)13-6)15-3-1-2-5(15)8(11)16/h4-5H,1-3H2,(H2,11,16)(H2,12,13,14)/t5-/m1/s1. The van der Waals surface area contributed by atoms with E-state index in [0.29, 0.717) is 5.82 Å². The number of amides is 1. The van der Waals surface area contributed by atoms with Gasteiger partial charge >= 0.3 is 0 Å². The fourth-order valence-corrected chi connectivity index (χ4v) is 2.09. The van der Waals surface area contributed by atoms with Crippen molar-refractivity contribution in [2.75, 3.05) is 17.2 Å². The topological polar surface area (TPSA) is 98.1 Å². The van der Waals surface area contributed by atoms with Gasteiger partial charge in [-0.05, 0) is 12.8 Å². The lowest BCUT2D eigenvalue weighted by molar-refractivity contribution is -0.119. The molecule has 0 spiro atoms. The van der Waals surface area contributed by atoms with Crippen LogP contribution in [0.3, 0.4) is 0 Å². The fourth-order valence-electron chi connectivity index (χ4n) is 1.91. The normalized spacial score (nSPS) is 20.1. The first-order valence-corrected chi connectivity index (χ1v) is 5.32. The van der Waals surface area contributed by atoms with Crippen LogP contribution >= 0.6 is 11.6 Å². The van der Waals surface area contributed by atoms with E-state index in [1.807, 2.05) is 4.90 Å². The lowest BCUT2D eigenvalue weighted by Crippen LogP contribution is -2.40. The third-order valence-corrected chi connectivity index (χ3v) is 2.77. The molecule has 0 bridgehead atoms. The molecule has 86 valence electrons. The third kappa shape index (κ3) is 2.01. The number of hydrogen-bond donors (Lipinski definition) is 2. The van der Waals surface area contributed by atoms with Gasteiger partial charge in [0.15, 0.2) is 0 Å². The monoisotopic (exact) mass is 241 g/mol. The van der Waals surface area contributed by atoms with Gasteiger partial charge in [0, 0.05) is 12.6 Å². The summed E-state index contributed by atoms with van der Waals surface area (Å²) in [5.41, 5.74) is 10.8. The average molecular weight is 242 g/mol. The van der Waals surface area contributed by atoms with Crippen molar-refractivity contribution in [1.82, 2.24) is 9.97 Å². The van der Waals surface area contributed by atoms with Gasteiger partial charge < -0.3 is 16.4 Å². The molecule has 6 nitrogen and oxygen atoms in total. The van der Waals surface area contributed by atoms with Crippen molar-refractivity contribution in [3.8, 4) is 0 Å². The molecule has 0 saturated carbocycles. The van der Waals surface area contributed by atoms with Crippen molar-refractivity contribution < 1.29 is 4.79 Å². The van der Waals surface area contributed by atoms with E-state index in [9.17, 15) is 4.79 Å². The van der Waals surface area contributed by atoms with Crippen molar-refractivity contribution in [2.45, 2.75) is 18.9 Å². The number of carbonyl (C=O) groups excluding carboxylic acids is 1. The maximum absolute atomic E-state index is 11.2. The highest BCUT2D eigenvalue weighted by molar-refractivity contribution is 6.29. The molecule has 1 aliphatic heterocycles. The van der Waals surface area contributed by atoms with E-state index in [1.54, 1.807) is 6.07 Å². The number of aromatic nitrogens is 2. The molecule has 2 heterocycles. The number of carbonyl (C=O) groups is 1. The Hall–Kier alpha value is -1.56. The minimum absolute atomic E-state index is 0.0950. The molecule has 1 aromatic heterocycles. The molecule has 1 saturated heterocycles. The molecule has 0 aromatic carbocycles. The summed E-state index contributed by atoms with van der Waals surface area (Å²) in [4.78, 5) is 20.9. The predicted octanol–water partition coefficient (Wildman–Crippen LogP) is 0.166. The van der Waals surface area contributed by atoms with Crippen LogP contribution in [-0.2, 0) is 4.79 Å². The maximum atomic E-state index is 11.2. The van der Waals surface area contributed by atoms with E-state index < -0.39 is 0 Å². The number of hydrogen-bond acceptors (Lipinski definition) is 5. The lowest BCUT2D eigenvalue weighted by Gasteiger charge is -2.23. The maximum Gasteiger partial charge on any atom is 0.240 e. The minimum Gasteiger partial charge on any atom is -0.368 e. The fraction of sp³-hybridized carbons (Fsp3) is 0.444. The summed E-state index contributed by atoms with van der Waals surface area (Å²) in [6.07, 6.45) is 1.63. The van der Waals surface area contributed by atoms with Crippen molar-refractivity contribution in [1.29, 1.82) is 0 Å². The van der Waals surface area contributed by atoms with Crippen LogP contribution in [0.2, 0.25) is 5.15 Å². The Balaban J connectivity index is 2.32. The van der Waals surface area contributed by atoms with Crippen molar-refractivity contribution in [2.24, 2.45) is 5.73 Å². The van der Waals surface area contributed by atoms with Crippen molar-refractivity contribution >= 4 is 29.3 Å². The molecule has 1 aliphatic rings. The van der Waals surface area contributed by atoms with E-state index in [1.165, 1.54) is 0 Å². The van der Waals surface area contributed by atoms with Crippen LogP contribution in [0.1, 0.15) is 12.8 Å². The Morgan fingerprint density at radius 1 is 1.56 bits per heavy atom.